The van der Waals surface area contributed by atoms with Crippen molar-refractivity contribution < 1.29 is 5.11 Å². The largest absolute Gasteiger partial charge is 0.387 e. The smallest absolute Gasteiger partial charge is 0.0942 e. The van der Waals surface area contributed by atoms with Crippen LogP contribution in [-0.4, -0.2) is 29.6 Å². The molecule has 0 radical (unpaired) electrons. The van der Waals surface area contributed by atoms with Gasteiger partial charge in [0.25, 0.3) is 0 Å². The van der Waals surface area contributed by atoms with E-state index in [9.17, 15) is 5.11 Å². The molecule has 0 bridgehead atoms. The van der Waals surface area contributed by atoms with E-state index in [1.165, 1.54) is 0 Å². The molecule has 0 aliphatic carbocycles. The summed E-state index contributed by atoms with van der Waals surface area (Å²) in [6, 6.07) is 9.64. The minimum absolute atomic E-state index is 0.0171. The first-order chi connectivity index (χ1) is 7.16. The molecule has 2 heteroatoms. The van der Waals surface area contributed by atoms with Crippen LogP contribution in [0.15, 0.2) is 30.3 Å². The average molecular weight is 203 g/mol. The van der Waals surface area contributed by atoms with Crippen LogP contribution in [0.25, 0.3) is 0 Å². The molecule has 0 aliphatic rings. The SMILES string of the molecule is C#CCN(C)[C@H](C)C(O)c1ccccc1. The van der Waals surface area contributed by atoms with E-state index in [-0.39, 0.29) is 6.04 Å². The second kappa shape index (κ2) is 5.55. The minimum atomic E-state index is -0.496. The van der Waals surface area contributed by atoms with Gasteiger partial charge >= 0.3 is 0 Å². The van der Waals surface area contributed by atoms with Crippen LogP contribution in [0.2, 0.25) is 0 Å². The molecule has 0 spiro atoms. The van der Waals surface area contributed by atoms with Gasteiger partial charge in [-0.3, -0.25) is 4.90 Å². The minimum Gasteiger partial charge on any atom is -0.387 e. The number of rotatable bonds is 4. The van der Waals surface area contributed by atoms with Crippen LogP contribution in [0, 0.1) is 12.3 Å². The average Bonchev–Trinajstić information content (AvgIpc) is 2.28. The first-order valence-corrected chi connectivity index (χ1v) is 5.03. The zero-order valence-electron chi connectivity index (χ0n) is 9.22. The number of aliphatic hydroxyl groups excluding tert-OH is 1. The monoisotopic (exact) mass is 203 g/mol. The number of nitrogens with zero attached hydrogens (tertiary/aromatic N) is 1. The Labute approximate surface area is 91.5 Å². The van der Waals surface area contributed by atoms with E-state index in [0.717, 1.165) is 5.56 Å². The van der Waals surface area contributed by atoms with Crippen LogP contribution in [0.5, 0.6) is 0 Å². The van der Waals surface area contributed by atoms with E-state index in [1.807, 2.05) is 49.2 Å². The molecule has 1 aromatic carbocycles. The molecule has 0 amide bonds. The molecular weight excluding hydrogens is 186 g/mol. The molecule has 2 nitrogen and oxygen atoms in total. The zero-order chi connectivity index (χ0) is 11.3. The third kappa shape index (κ3) is 3.09. The molecule has 1 N–H and O–H groups in total. The highest BCUT2D eigenvalue weighted by Crippen LogP contribution is 2.19. The van der Waals surface area contributed by atoms with Gasteiger partial charge in [-0.2, -0.15) is 0 Å². The van der Waals surface area contributed by atoms with E-state index in [2.05, 4.69) is 5.92 Å². The van der Waals surface area contributed by atoms with Gasteiger partial charge in [0.15, 0.2) is 0 Å². The van der Waals surface area contributed by atoms with E-state index in [0.29, 0.717) is 6.54 Å². The molecule has 1 rings (SSSR count). The Morgan fingerprint density at radius 1 is 1.40 bits per heavy atom. The second-order valence-corrected chi connectivity index (χ2v) is 3.72. The summed E-state index contributed by atoms with van der Waals surface area (Å²) in [7, 11) is 1.91. The Bertz CT molecular complexity index is 328. The molecule has 1 unspecified atom stereocenters. The highest BCUT2D eigenvalue weighted by atomic mass is 16.3. The predicted octanol–water partition coefficient (Wildman–Crippen LogP) is 1.67. The molecule has 1 aromatic rings. The number of hydrogen-bond acceptors (Lipinski definition) is 2. The molecule has 0 heterocycles. The molecule has 0 aliphatic heterocycles. The van der Waals surface area contributed by atoms with Crippen LogP contribution in [0.3, 0.4) is 0 Å². The summed E-state index contributed by atoms with van der Waals surface area (Å²) in [5, 5.41) is 10.1. The lowest BCUT2D eigenvalue weighted by Gasteiger charge is -2.27. The van der Waals surface area contributed by atoms with Crippen LogP contribution in [0.1, 0.15) is 18.6 Å². The summed E-state index contributed by atoms with van der Waals surface area (Å²) >= 11 is 0. The number of hydrogen-bond donors (Lipinski definition) is 1. The molecule has 0 fully saturated rings. The summed E-state index contributed by atoms with van der Waals surface area (Å²) in [6.45, 7) is 2.51. The summed E-state index contributed by atoms with van der Waals surface area (Å²) in [4.78, 5) is 1.96. The number of benzene rings is 1. The lowest BCUT2D eigenvalue weighted by molar-refractivity contribution is 0.0796. The molecule has 0 saturated carbocycles. The highest BCUT2D eigenvalue weighted by molar-refractivity contribution is 5.18. The predicted molar refractivity (Wildman–Crippen MR) is 62.3 cm³/mol. The van der Waals surface area contributed by atoms with Crippen molar-refractivity contribution in [2.24, 2.45) is 0 Å². The van der Waals surface area contributed by atoms with Crippen molar-refractivity contribution in [2.75, 3.05) is 13.6 Å². The van der Waals surface area contributed by atoms with Gasteiger partial charge in [0.1, 0.15) is 0 Å². The fraction of sp³-hybridized carbons (Fsp3) is 0.385. The van der Waals surface area contributed by atoms with Crippen molar-refractivity contribution >= 4 is 0 Å². The van der Waals surface area contributed by atoms with Gasteiger partial charge in [-0.1, -0.05) is 36.3 Å². The van der Waals surface area contributed by atoms with E-state index in [4.69, 9.17) is 6.42 Å². The molecule has 0 aromatic heterocycles. The molecular formula is C13H17NO. The topological polar surface area (TPSA) is 23.5 Å². The van der Waals surface area contributed by atoms with E-state index < -0.39 is 6.10 Å². The van der Waals surface area contributed by atoms with Crippen molar-refractivity contribution in [3.05, 3.63) is 35.9 Å². The van der Waals surface area contributed by atoms with Crippen molar-refractivity contribution in [1.82, 2.24) is 4.90 Å². The maximum atomic E-state index is 10.1. The molecule has 80 valence electrons. The van der Waals surface area contributed by atoms with Crippen LogP contribution < -0.4 is 0 Å². The summed E-state index contributed by atoms with van der Waals surface area (Å²) in [5.74, 6) is 2.57. The van der Waals surface area contributed by atoms with Crippen LogP contribution in [0.4, 0.5) is 0 Å². The number of likely N-dealkylation sites (N-methyl/N-ethyl adjacent to an activating group) is 1. The normalized spacial score (nSPS) is 14.6. The van der Waals surface area contributed by atoms with Crippen molar-refractivity contribution in [3.8, 4) is 12.3 Å². The van der Waals surface area contributed by atoms with E-state index >= 15 is 0 Å². The van der Waals surface area contributed by atoms with Gasteiger partial charge in [0, 0.05) is 6.04 Å². The molecule has 0 saturated heterocycles. The summed E-state index contributed by atoms with van der Waals surface area (Å²) in [6.07, 6.45) is 4.74. The van der Waals surface area contributed by atoms with Gasteiger partial charge in [-0.05, 0) is 19.5 Å². The van der Waals surface area contributed by atoms with Gasteiger partial charge in [0.05, 0.1) is 12.6 Å². The van der Waals surface area contributed by atoms with Gasteiger partial charge in [-0.25, -0.2) is 0 Å². The standard InChI is InChI=1S/C13H17NO/c1-4-10-14(3)11(2)13(15)12-8-6-5-7-9-12/h1,5-9,11,13,15H,10H2,2-3H3/t11-,13?/m1/s1. The van der Waals surface area contributed by atoms with Crippen LogP contribution >= 0.6 is 0 Å². The van der Waals surface area contributed by atoms with Crippen molar-refractivity contribution in [3.63, 3.8) is 0 Å². The maximum absolute atomic E-state index is 10.1. The van der Waals surface area contributed by atoms with Crippen LogP contribution in [-0.2, 0) is 0 Å². The third-order valence-corrected chi connectivity index (χ3v) is 2.63. The maximum Gasteiger partial charge on any atom is 0.0942 e. The van der Waals surface area contributed by atoms with Crippen molar-refractivity contribution in [2.45, 2.75) is 19.1 Å². The quantitative estimate of drug-likeness (QED) is 0.752. The summed E-state index contributed by atoms with van der Waals surface area (Å²) < 4.78 is 0. The Hall–Kier alpha value is -1.30. The van der Waals surface area contributed by atoms with Crippen molar-refractivity contribution in [1.29, 1.82) is 0 Å². The molecule has 15 heavy (non-hydrogen) atoms. The van der Waals surface area contributed by atoms with E-state index in [1.54, 1.807) is 0 Å². The third-order valence-electron chi connectivity index (χ3n) is 2.63. The fourth-order valence-corrected chi connectivity index (χ4v) is 1.46. The Kier molecular flexibility index (Phi) is 4.36. The number of aliphatic hydroxyl groups is 1. The molecule has 2 atom stereocenters. The highest BCUT2D eigenvalue weighted by Gasteiger charge is 2.19. The first kappa shape index (κ1) is 11.8. The Balaban J connectivity index is 2.69. The second-order valence-electron chi connectivity index (χ2n) is 3.72. The lowest BCUT2D eigenvalue weighted by atomic mass is 10.0. The first-order valence-electron chi connectivity index (χ1n) is 5.03. The fourth-order valence-electron chi connectivity index (χ4n) is 1.46. The zero-order valence-corrected chi connectivity index (χ0v) is 9.22. The van der Waals surface area contributed by atoms with Gasteiger partial charge in [-0.15, -0.1) is 6.42 Å². The lowest BCUT2D eigenvalue weighted by Crippen LogP contribution is -2.34. The van der Waals surface area contributed by atoms with Gasteiger partial charge in [0.2, 0.25) is 0 Å². The number of terminal acetylenes is 1. The summed E-state index contributed by atoms with van der Waals surface area (Å²) in [5.41, 5.74) is 0.925. The van der Waals surface area contributed by atoms with Gasteiger partial charge < -0.3 is 5.11 Å². The Morgan fingerprint density at radius 2 is 2.00 bits per heavy atom. The Morgan fingerprint density at radius 3 is 2.53 bits per heavy atom.